The van der Waals surface area contributed by atoms with Gasteiger partial charge in [-0.2, -0.15) is 0 Å². The first kappa shape index (κ1) is 17.3. The van der Waals surface area contributed by atoms with Crippen LogP contribution < -0.4 is 5.32 Å². The van der Waals surface area contributed by atoms with Gasteiger partial charge in [0.1, 0.15) is 0 Å². The first-order valence-corrected chi connectivity index (χ1v) is 9.47. The van der Waals surface area contributed by atoms with Crippen LogP contribution in [0.1, 0.15) is 44.8 Å². The van der Waals surface area contributed by atoms with Crippen molar-refractivity contribution in [1.82, 2.24) is 10.2 Å². The van der Waals surface area contributed by atoms with E-state index in [4.69, 9.17) is 9.73 Å². The van der Waals surface area contributed by atoms with Crippen LogP contribution in [0.25, 0.3) is 0 Å². The molecule has 2 saturated heterocycles. The van der Waals surface area contributed by atoms with E-state index in [0.29, 0.717) is 5.92 Å². The maximum absolute atomic E-state index is 6.00. The quantitative estimate of drug-likeness (QED) is 0.679. The van der Waals surface area contributed by atoms with Gasteiger partial charge < -0.3 is 15.0 Å². The molecular formula is C20H31N3O. The van der Waals surface area contributed by atoms with Gasteiger partial charge in [0.2, 0.25) is 0 Å². The van der Waals surface area contributed by atoms with E-state index in [0.717, 1.165) is 51.1 Å². The minimum absolute atomic E-state index is 0.193. The van der Waals surface area contributed by atoms with Crippen molar-refractivity contribution in [2.75, 3.05) is 32.8 Å². The Kier molecular flexibility index (Phi) is 6.13. The average Bonchev–Trinajstić information content (AvgIpc) is 3.08. The molecule has 3 rings (SSSR count). The molecule has 2 fully saturated rings. The lowest BCUT2D eigenvalue weighted by atomic mass is 9.95. The maximum atomic E-state index is 6.00. The number of benzene rings is 1. The Morgan fingerprint density at radius 3 is 2.88 bits per heavy atom. The van der Waals surface area contributed by atoms with Gasteiger partial charge in [-0.25, -0.2) is 0 Å². The van der Waals surface area contributed by atoms with Gasteiger partial charge in [-0.3, -0.25) is 4.99 Å². The van der Waals surface area contributed by atoms with Gasteiger partial charge >= 0.3 is 0 Å². The molecule has 0 radical (unpaired) electrons. The lowest BCUT2D eigenvalue weighted by Crippen LogP contribution is -2.46. The van der Waals surface area contributed by atoms with Crippen molar-refractivity contribution in [3.63, 3.8) is 0 Å². The Hall–Kier alpha value is -1.55. The molecule has 0 amide bonds. The van der Waals surface area contributed by atoms with Gasteiger partial charge in [0.25, 0.3) is 0 Å². The third-order valence-corrected chi connectivity index (χ3v) is 5.11. The minimum Gasteiger partial charge on any atom is -0.373 e. The molecule has 2 aliphatic heterocycles. The summed E-state index contributed by atoms with van der Waals surface area (Å²) >= 11 is 0. The van der Waals surface area contributed by atoms with Crippen molar-refractivity contribution >= 4 is 5.96 Å². The molecule has 0 bridgehead atoms. The maximum Gasteiger partial charge on any atom is 0.193 e. The van der Waals surface area contributed by atoms with Gasteiger partial charge in [-0.15, -0.1) is 0 Å². The summed E-state index contributed by atoms with van der Waals surface area (Å²) in [6.45, 7) is 9.34. The van der Waals surface area contributed by atoms with Crippen molar-refractivity contribution in [3.8, 4) is 0 Å². The third kappa shape index (κ3) is 4.29. The number of ether oxygens (including phenoxy) is 1. The summed E-state index contributed by atoms with van der Waals surface area (Å²) in [5, 5.41) is 3.49. The van der Waals surface area contributed by atoms with Crippen LogP contribution in [0.5, 0.6) is 0 Å². The molecule has 24 heavy (non-hydrogen) atoms. The lowest BCUT2D eigenvalue weighted by molar-refractivity contribution is 0.0924. The van der Waals surface area contributed by atoms with Crippen molar-refractivity contribution in [2.24, 2.45) is 16.8 Å². The molecule has 1 aromatic rings. The summed E-state index contributed by atoms with van der Waals surface area (Å²) < 4.78 is 6.00. The zero-order chi connectivity index (χ0) is 16.8. The topological polar surface area (TPSA) is 36.9 Å². The Morgan fingerprint density at radius 2 is 2.12 bits per heavy atom. The molecule has 4 heteroatoms. The van der Waals surface area contributed by atoms with E-state index in [1.807, 2.05) is 0 Å². The van der Waals surface area contributed by atoms with Crippen LogP contribution >= 0.6 is 0 Å². The normalized spacial score (nSPS) is 28.2. The lowest BCUT2D eigenvalue weighted by Gasteiger charge is -2.33. The smallest absolute Gasteiger partial charge is 0.193 e. The van der Waals surface area contributed by atoms with E-state index < -0.39 is 0 Å². The largest absolute Gasteiger partial charge is 0.373 e. The van der Waals surface area contributed by atoms with Crippen molar-refractivity contribution in [3.05, 3.63) is 35.9 Å². The van der Waals surface area contributed by atoms with Crippen molar-refractivity contribution < 1.29 is 4.74 Å². The van der Waals surface area contributed by atoms with Gasteiger partial charge in [-0.1, -0.05) is 37.3 Å². The molecule has 0 aliphatic carbocycles. The zero-order valence-electron chi connectivity index (χ0n) is 15.1. The summed E-state index contributed by atoms with van der Waals surface area (Å²) in [6.07, 6.45) is 3.89. The monoisotopic (exact) mass is 329 g/mol. The number of hydrogen-bond acceptors (Lipinski definition) is 2. The first-order valence-electron chi connectivity index (χ1n) is 9.47. The Bertz CT molecular complexity index is 531. The highest BCUT2D eigenvalue weighted by atomic mass is 16.5. The summed E-state index contributed by atoms with van der Waals surface area (Å²) in [7, 11) is 0. The van der Waals surface area contributed by atoms with E-state index >= 15 is 0 Å². The fraction of sp³-hybridized carbons (Fsp3) is 0.650. The second kappa shape index (κ2) is 8.52. The molecule has 0 saturated carbocycles. The zero-order valence-corrected chi connectivity index (χ0v) is 15.1. The number of hydrogen-bond donors (Lipinski definition) is 1. The molecule has 3 unspecified atom stereocenters. The number of piperidine rings is 1. The average molecular weight is 329 g/mol. The number of guanidine groups is 1. The second-order valence-corrected chi connectivity index (χ2v) is 7.14. The van der Waals surface area contributed by atoms with E-state index in [9.17, 15) is 0 Å². The SMILES string of the molecule is CCNC(=NCC1CCOC1c1ccccc1)N1CCCC(C)C1. The standard InChI is InChI=1S/C20H31N3O/c1-3-21-20(23-12-7-8-16(2)15-23)22-14-18-11-13-24-19(18)17-9-5-4-6-10-17/h4-6,9-10,16,18-19H,3,7-8,11-15H2,1-2H3,(H,21,22). The number of rotatable bonds is 4. The molecule has 0 aromatic heterocycles. The van der Waals surface area contributed by atoms with Gasteiger partial charge in [0.15, 0.2) is 5.96 Å². The molecular weight excluding hydrogens is 298 g/mol. The van der Waals surface area contributed by atoms with Crippen LogP contribution in [-0.4, -0.2) is 43.6 Å². The van der Waals surface area contributed by atoms with Gasteiger partial charge in [-0.05, 0) is 37.7 Å². The Morgan fingerprint density at radius 1 is 1.29 bits per heavy atom. The van der Waals surface area contributed by atoms with Crippen LogP contribution in [0.3, 0.4) is 0 Å². The van der Waals surface area contributed by atoms with Crippen molar-refractivity contribution in [2.45, 2.75) is 39.2 Å². The molecule has 4 nitrogen and oxygen atoms in total. The molecule has 3 atom stereocenters. The van der Waals surface area contributed by atoms with Crippen LogP contribution in [0.4, 0.5) is 0 Å². The number of nitrogens with zero attached hydrogens (tertiary/aromatic N) is 2. The summed E-state index contributed by atoms with van der Waals surface area (Å²) in [6, 6.07) is 10.6. The summed E-state index contributed by atoms with van der Waals surface area (Å²) in [4.78, 5) is 7.42. The number of nitrogens with one attached hydrogen (secondary N) is 1. The van der Waals surface area contributed by atoms with Crippen LogP contribution in [-0.2, 0) is 4.74 Å². The van der Waals surface area contributed by atoms with E-state index in [1.54, 1.807) is 0 Å². The molecule has 1 N–H and O–H groups in total. The molecule has 0 spiro atoms. The Balaban J connectivity index is 1.66. The first-order chi connectivity index (χ1) is 11.8. The van der Waals surface area contributed by atoms with E-state index in [-0.39, 0.29) is 6.10 Å². The highest BCUT2D eigenvalue weighted by molar-refractivity contribution is 5.80. The Labute approximate surface area is 146 Å². The highest BCUT2D eigenvalue weighted by Gasteiger charge is 2.29. The molecule has 132 valence electrons. The van der Waals surface area contributed by atoms with Crippen LogP contribution in [0.15, 0.2) is 35.3 Å². The predicted molar refractivity (Wildman–Crippen MR) is 99.2 cm³/mol. The molecule has 2 aliphatic rings. The van der Waals surface area contributed by atoms with E-state index in [2.05, 4.69) is 54.4 Å². The summed E-state index contributed by atoms with van der Waals surface area (Å²) in [5.41, 5.74) is 1.28. The number of likely N-dealkylation sites (tertiary alicyclic amines) is 1. The minimum atomic E-state index is 0.193. The van der Waals surface area contributed by atoms with Gasteiger partial charge in [0.05, 0.1) is 6.10 Å². The fourth-order valence-corrected chi connectivity index (χ4v) is 3.84. The van der Waals surface area contributed by atoms with E-state index in [1.165, 1.54) is 18.4 Å². The predicted octanol–water partition coefficient (Wildman–Crippen LogP) is 3.46. The third-order valence-electron chi connectivity index (χ3n) is 5.11. The van der Waals surface area contributed by atoms with Crippen LogP contribution in [0.2, 0.25) is 0 Å². The second-order valence-electron chi connectivity index (χ2n) is 7.14. The molecule has 1 aromatic carbocycles. The van der Waals surface area contributed by atoms with Gasteiger partial charge in [0, 0.05) is 38.7 Å². The highest BCUT2D eigenvalue weighted by Crippen LogP contribution is 2.34. The fourth-order valence-electron chi connectivity index (χ4n) is 3.84. The molecule has 2 heterocycles. The van der Waals surface area contributed by atoms with Crippen LogP contribution in [0, 0.1) is 11.8 Å². The summed E-state index contributed by atoms with van der Waals surface area (Å²) in [5.74, 6) is 2.32. The number of aliphatic imine (C=N–C) groups is 1. The van der Waals surface area contributed by atoms with Crippen molar-refractivity contribution in [1.29, 1.82) is 0 Å².